The Morgan fingerprint density at radius 3 is 2.72 bits per heavy atom. The van der Waals surface area contributed by atoms with E-state index < -0.39 is 0 Å². The molecule has 2 rings (SSSR count). The normalized spacial score (nSPS) is 10.9. The molecule has 2 heterocycles. The lowest BCUT2D eigenvalue weighted by Crippen LogP contribution is -1.99. The first-order chi connectivity index (χ1) is 8.90. The Morgan fingerprint density at radius 1 is 1.00 bits per heavy atom. The highest BCUT2D eigenvalue weighted by Crippen LogP contribution is 2.09. The molecule has 96 valence electrons. The Labute approximate surface area is 108 Å². The third-order valence-electron chi connectivity index (χ3n) is 3.03. The molecule has 0 bridgehead atoms. The molecule has 0 unspecified atom stereocenters. The highest BCUT2D eigenvalue weighted by atomic mass is 15.2. The molecule has 0 saturated carbocycles. The van der Waals surface area contributed by atoms with E-state index in [4.69, 9.17) is 0 Å². The summed E-state index contributed by atoms with van der Waals surface area (Å²) >= 11 is 0. The second kappa shape index (κ2) is 6.99. The van der Waals surface area contributed by atoms with Gasteiger partial charge in [0, 0.05) is 12.6 Å². The number of aromatic nitrogens is 4. The molecule has 0 spiro atoms. The largest absolute Gasteiger partial charge is 0.234 e. The molecule has 0 fully saturated rings. The van der Waals surface area contributed by atoms with Crippen LogP contribution in [0.1, 0.15) is 51.3 Å². The molecule has 0 amide bonds. The number of pyridine rings is 1. The maximum Gasteiger partial charge on any atom is 0.200 e. The van der Waals surface area contributed by atoms with E-state index in [1.807, 2.05) is 12.1 Å². The van der Waals surface area contributed by atoms with Crippen LogP contribution in [-0.2, 0) is 6.42 Å². The van der Waals surface area contributed by atoms with Crippen LogP contribution in [0, 0.1) is 0 Å². The van der Waals surface area contributed by atoms with Crippen molar-refractivity contribution in [3.05, 3.63) is 24.2 Å². The molecular weight excluding hydrogens is 224 g/mol. The first-order valence-electron chi connectivity index (χ1n) is 6.84. The molecule has 4 nitrogen and oxygen atoms in total. The summed E-state index contributed by atoms with van der Waals surface area (Å²) < 4.78 is 0. The van der Waals surface area contributed by atoms with Crippen molar-refractivity contribution < 1.29 is 0 Å². The van der Waals surface area contributed by atoms with Crippen LogP contribution in [0.15, 0.2) is 18.3 Å². The molecule has 0 saturated heterocycles. The van der Waals surface area contributed by atoms with Crippen LogP contribution in [-0.4, -0.2) is 20.2 Å². The Bertz CT molecular complexity index is 484. The van der Waals surface area contributed by atoms with Gasteiger partial charge in [-0.15, -0.1) is 10.2 Å². The fraction of sp³-hybridized carbons (Fsp3) is 0.571. The van der Waals surface area contributed by atoms with Gasteiger partial charge < -0.3 is 0 Å². The fourth-order valence-electron chi connectivity index (χ4n) is 1.99. The van der Waals surface area contributed by atoms with E-state index in [1.54, 1.807) is 6.20 Å². The molecule has 4 heteroatoms. The zero-order valence-corrected chi connectivity index (χ0v) is 11.0. The molecule has 2 aromatic rings. The Kier molecular flexibility index (Phi) is 5.00. The summed E-state index contributed by atoms with van der Waals surface area (Å²) in [6, 6.07) is 3.81. The number of fused-ring (bicyclic) bond motifs is 1. The van der Waals surface area contributed by atoms with Gasteiger partial charge in [0.1, 0.15) is 5.52 Å². The second-order valence-electron chi connectivity index (χ2n) is 4.59. The van der Waals surface area contributed by atoms with Gasteiger partial charge in [-0.25, -0.2) is 9.97 Å². The molecular formula is C14H20N4. The van der Waals surface area contributed by atoms with Crippen molar-refractivity contribution in [1.82, 2.24) is 20.2 Å². The average molecular weight is 244 g/mol. The van der Waals surface area contributed by atoms with Crippen LogP contribution in [0.2, 0.25) is 0 Å². The van der Waals surface area contributed by atoms with Gasteiger partial charge in [0.05, 0.1) is 0 Å². The topological polar surface area (TPSA) is 51.6 Å². The number of aryl methyl sites for hydroxylation is 1. The SMILES string of the molecule is CCCCCCCCc1nnc2ncccc2n1. The van der Waals surface area contributed by atoms with E-state index >= 15 is 0 Å². The highest BCUT2D eigenvalue weighted by Gasteiger charge is 2.01. The van der Waals surface area contributed by atoms with Crippen LogP contribution in [0.25, 0.3) is 11.2 Å². The van der Waals surface area contributed by atoms with Crippen molar-refractivity contribution in [2.24, 2.45) is 0 Å². The summed E-state index contributed by atoms with van der Waals surface area (Å²) in [5.41, 5.74) is 1.47. The standard InChI is InChI=1S/C14H20N4/c1-2-3-4-5-6-7-10-13-16-12-9-8-11-15-14(12)18-17-13/h8-9,11H,2-7,10H2,1H3. The molecule has 0 aromatic carbocycles. The van der Waals surface area contributed by atoms with Crippen LogP contribution >= 0.6 is 0 Å². The van der Waals surface area contributed by atoms with Gasteiger partial charge in [0.2, 0.25) is 0 Å². The summed E-state index contributed by atoms with van der Waals surface area (Å²) in [7, 11) is 0. The summed E-state index contributed by atoms with van der Waals surface area (Å²) in [4.78, 5) is 8.59. The van der Waals surface area contributed by atoms with Gasteiger partial charge in [0.25, 0.3) is 0 Å². The number of nitrogens with zero attached hydrogens (tertiary/aromatic N) is 4. The quantitative estimate of drug-likeness (QED) is 0.701. The molecule has 0 radical (unpaired) electrons. The predicted octanol–water partition coefficient (Wildman–Crippen LogP) is 3.32. The highest BCUT2D eigenvalue weighted by molar-refractivity contribution is 5.67. The molecule has 0 aliphatic heterocycles. The number of unbranched alkanes of at least 4 members (excludes halogenated alkanes) is 5. The average Bonchev–Trinajstić information content (AvgIpc) is 2.42. The van der Waals surface area contributed by atoms with Crippen LogP contribution < -0.4 is 0 Å². The van der Waals surface area contributed by atoms with E-state index in [9.17, 15) is 0 Å². The van der Waals surface area contributed by atoms with Crippen molar-refractivity contribution in [3.63, 3.8) is 0 Å². The summed E-state index contributed by atoms with van der Waals surface area (Å²) in [5, 5.41) is 8.20. The molecule has 0 N–H and O–H groups in total. The number of rotatable bonds is 7. The van der Waals surface area contributed by atoms with Gasteiger partial charge in [-0.1, -0.05) is 39.0 Å². The Hall–Kier alpha value is -1.58. The van der Waals surface area contributed by atoms with Gasteiger partial charge in [-0.3, -0.25) is 0 Å². The van der Waals surface area contributed by atoms with Crippen molar-refractivity contribution in [3.8, 4) is 0 Å². The van der Waals surface area contributed by atoms with Crippen molar-refractivity contribution in [2.75, 3.05) is 0 Å². The molecule has 0 atom stereocenters. The van der Waals surface area contributed by atoms with Crippen molar-refractivity contribution >= 4 is 11.2 Å². The monoisotopic (exact) mass is 244 g/mol. The van der Waals surface area contributed by atoms with Crippen LogP contribution in [0.4, 0.5) is 0 Å². The number of hydrogen-bond acceptors (Lipinski definition) is 4. The van der Waals surface area contributed by atoms with Crippen molar-refractivity contribution in [2.45, 2.75) is 51.9 Å². The molecule has 0 aliphatic carbocycles. The lowest BCUT2D eigenvalue weighted by atomic mass is 10.1. The predicted molar refractivity (Wildman–Crippen MR) is 72.2 cm³/mol. The van der Waals surface area contributed by atoms with Crippen molar-refractivity contribution in [1.29, 1.82) is 0 Å². The molecule has 0 aliphatic rings. The minimum atomic E-state index is 0.629. The minimum absolute atomic E-state index is 0.629. The van der Waals surface area contributed by atoms with E-state index in [1.165, 1.54) is 32.1 Å². The fourth-order valence-corrected chi connectivity index (χ4v) is 1.99. The third kappa shape index (κ3) is 3.72. The lowest BCUT2D eigenvalue weighted by molar-refractivity contribution is 0.599. The van der Waals surface area contributed by atoms with Gasteiger partial charge >= 0.3 is 0 Å². The third-order valence-corrected chi connectivity index (χ3v) is 3.03. The zero-order chi connectivity index (χ0) is 12.6. The van der Waals surface area contributed by atoms with Gasteiger partial charge in [-0.2, -0.15) is 0 Å². The maximum atomic E-state index is 4.47. The van der Waals surface area contributed by atoms with E-state index in [-0.39, 0.29) is 0 Å². The van der Waals surface area contributed by atoms with E-state index in [0.29, 0.717) is 5.65 Å². The summed E-state index contributed by atoms with van der Waals surface area (Å²) in [5.74, 6) is 0.839. The first kappa shape index (κ1) is 12.9. The smallest absolute Gasteiger partial charge is 0.200 e. The Balaban J connectivity index is 1.81. The van der Waals surface area contributed by atoms with E-state index in [0.717, 1.165) is 24.2 Å². The van der Waals surface area contributed by atoms with Crippen LogP contribution in [0.3, 0.4) is 0 Å². The second-order valence-corrected chi connectivity index (χ2v) is 4.59. The van der Waals surface area contributed by atoms with E-state index in [2.05, 4.69) is 27.1 Å². The Morgan fingerprint density at radius 2 is 1.83 bits per heavy atom. The minimum Gasteiger partial charge on any atom is -0.234 e. The molecule has 2 aromatic heterocycles. The summed E-state index contributed by atoms with van der Waals surface area (Å²) in [6.45, 7) is 2.24. The zero-order valence-electron chi connectivity index (χ0n) is 11.0. The van der Waals surface area contributed by atoms with Gasteiger partial charge in [-0.05, 0) is 18.6 Å². The number of hydrogen-bond donors (Lipinski definition) is 0. The maximum absolute atomic E-state index is 4.47. The lowest BCUT2D eigenvalue weighted by Gasteiger charge is -2.01. The molecule has 18 heavy (non-hydrogen) atoms. The van der Waals surface area contributed by atoms with Gasteiger partial charge in [0.15, 0.2) is 11.5 Å². The van der Waals surface area contributed by atoms with Crippen LogP contribution in [0.5, 0.6) is 0 Å². The summed E-state index contributed by atoms with van der Waals surface area (Å²) in [6.07, 6.45) is 10.3. The first-order valence-corrected chi connectivity index (χ1v) is 6.84.